The van der Waals surface area contributed by atoms with E-state index >= 15 is 0 Å². The van der Waals surface area contributed by atoms with E-state index in [0.717, 1.165) is 24.2 Å². The van der Waals surface area contributed by atoms with Crippen molar-refractivity contribution in [3.63, 3.8) is 0 Å². The number of amides is 2. The Morgan fingerprint density at radius 3 is 2.52 bits per heavy atom. The van der Waals surface area contributed by atoms with Crippen molar-refractivity contribution < 1.29 is 14.5 Å². The second-order valence-electron chi connectivity index (χ2n) is 5.81. The van der Waals surface area contributed by atoms with Crippen LogP contribution in [0, 0.1) is 10.1 Å². The summed E-state index contributed by atoms with van der Waals surface area (Å²) in [6.45, 7) is 0.719. The summed E-state index contributed by atoms with van der Waals surface area (Å²) in [5, 5.41) is 13.5. The van der Waals surface area contributed by atoms with E-state index in [2.05, 4.69) is 5.32 Å². The Hall–Kier alpha value is -3.22. The van der Waals surface area contributed by atoms with Gasteiger partial charge in [-0.1, -0.05) is 24.3 Å². The fourth-order valence-electron chi connectivity index (χ4n) is 2.83. The number of carbonyl (C=O) groups is 2. The molecule has 128 valence electrons. The van der Waals surface area contributed by atoms with Gasteiger partial charge in [-0.3, -0.25) is 19.7 Å². The first-order valence-corrected chi connectivity index (χ1v) is 7.97. The molecule has 1 heterocycles. The molecule has 0 bridgehead atoms. The van der Waals surface area contributed by atoms with Gasteiger partial charge in [-0.2, -0.15) is 0 Å². The highest BCUT2D eigenvalue weighted by atomic mass is 16.6. The molecule has 0 radical (unpaired) electrons. The summed E-state index contributed by atoms with van der Waals surface area (Å²) in [5.74, 6) is -0.221. The second-order valence-corrected chi connectivity index (χ2v) is 5.81. The molecule has 2 aromatic rings. The van der Waals surface area contributed by atoms with Crippen LogP contribution >= 0.6 is 0 Å². The zero-order chi connectivity index (χ0) is 17.8. The number of nitro benzene ring substituents is 1. The summed E-state index contributed by atoms with van der Waals surface area (Å²) in [6.07, 6.45) is 1.53. The number of hydrogen-bond acceptors (Lipinski definition) is 4. The molecule has 0 saturated carbocycles. The molecule has 0 unspecified atom stereocenters. The maximum Gasteiger partial charge on any atom is 0.292 e. The lowest BCUT2D eigenvalue weighted by atomic mass is 10.1. The zero-order valence-electron chi connectivity index (χ0n) is 13.5. The number of nitrogens with one attached hydrogen (secondary N) is 1. The van der Waals surface area contributed by atoms with Gasteiger partial charge in [0.2, 0.25) is 11.8 Å². The summed E-state index contributed by atoms with van der Waals surface area (Å²) < 4.78 is 0. The summed E-state index contributed by atoms with van der Waals surface area (Å²) >= 11 is 0. The van der Waals surface area contributed by atoms with Crippen LogP contribution in [0.4, 0.5) is 17.1 Å². The molecule has 2 amide bonds. The van der Waals surface area contributed by atoms with E-state index in [4.69, 9.17) is 0 Å². The summed E-state index contributed by atoms with van der Waals surface area (Å²) in [4.78, 5) is 36.1. The zero-order valence-corrected chi connectivity index (χ0v) is 13.5. The highest BCUT2D eigenvalue weighted by Crippen LogP contribution is 2.24. The van der Waals surface area contributed by atoms with Crippen LogP contribution in [0.25, 0.3) is 0 Å². The maximum atomic E-state index is 12.2. The van der Waals surface area contributed by atoms with Crippen molar-refractivity contribution in [3.05, 3.63) is 64.2 Å². The number of rotatable bonds is 5. The van der Waals surface area contributed by atoms with Crippen LogP contribution in [-0.4, -0.2) is 23.3 Å². The maximum absolute atomic E-state index is 12.2. The van der Waals surface area contributed by atoms with Gasteiger partial charge in [0.25, 0.3) is 5.69 Å². The number of carbonyl (C=O) groups excluding carboxylic acids is 2. The third-order valence-corrected chi connectivity index (χ3v) is 4.06. The van der Waals surface area contributed by atoms with Crippen LogP contribution in [0.2, 0.25) is 0 Å². The number of benzene rings is 2. The Morgan fingerprint density at radius 2 is 1.88 bits per heavy atom. The van der Waals surface area contributed by atoms with Gasteiger partial charge >= 0.3 is 0 Å². The third kappa shape index (κ3) is 3.82. The average Bonchev–Trinajstić information content (AvgIpc) is 3.02. The van der Waals surface area contributed by atoms with Gasteiger partial charge in [0.05, 0.1) is 11.3 Å². The molecule has 0 atom stereocenters. The van der Waals surface area contributed by atoms with E-state index in [0.29, 0.717) is 6.42 Å². The van der Waals surface area contributed by atoms with Crippen molar-refractivity contribution in [2.24, 2.45) is 0 Å². The number of anilines is 2. The van der Waals surface area contributed by atoms with Gasteiger partial charge in [0, 0.05) is 24.7 Å². The molecule has 1 aliphatic heterocycles. The summed E-state index contributed by atoms with van der Waals surface area (Å²) in [5.41, 5.74) is 1.63. The molecule has 25 heavy (non-hydrogen) atoms. The molecule has 3 rings (SSSR count). The van der Waals surface area contributed by atoms with Gasteiger partial charge in [0.15, 0.2) is 0 Å². The van der Waals surface area contributed by atoms with E-state index in [1.54, 1.807) is 29.2 Å². The molecule has 1 fully saturated rings. The largest absolute Gasteiger partial charge is 0.320 e. The second kappa shape index (κ2) is 7.12. The summed E-state index contributed by atoms with van der Waals surface area (Å²) in [6, 6.07) is 13.2. The fraction of sp³-hybridized carbons (Fsp3) is 0.222. The van der Waals surface area contributed by atoms with Crippen LogP contribution in [0.5, 0.6) is 0 Å². The first-order valence-electron chi connectivity index (χ1n) is 7.97. The van der Waals surface area contributed by atoms with E-state index in [-0.39, 0.29) is 29.6 Å². The highest BCUT2D eigenvalue weighted by Gasteiger charge is 2.21. The van der Waals surface area contributed by atoms with E-state index in [1.807, 2.05) is 12.1 Å². The summed E-state index contributed by atoms with van der Waals surface area (Å²) in [7, 11) is 0. The van der Waals surface area contributed by atoms with Crippen molar-refractivity contribution in [2.45, 2.75) is 19.3 Å². The monoisotopic (exact) mass is 339 g/mol. The minimum Gasteiger partial charge on any atom is -0.320 e. The van der Waals surface area contributed by atoms with Crippen molar-refractivity contribution >= 4 is 28.9 Å². The topological polar surface area (TPSA) is 92.6 Å². The van der Waals surface area contributed by atoms with Crippen LogP contribution in [0.15, 0.2) is 48.5 Å². The van der Waals surface area contributed by atoms with Gasteiger partial charge in [0.1, 0.15) is 5.69 Å². The van der Waals surface area contributed by atoms with E-state index < -0.39 is 4.92 Å². The van der Waals surface area contributed by atoms with Gasteiger partial charge in [-0.05, 0) is 30.2 Å². The Kier molecular flexibility index (Phi) is 4.74. The molecule has 7 heteroatoms. The van der Waals surface area contributed by atoms with E-state index in [9.17, 15) is 19.7 Å². The predicted molar refractivity (Wildman–Crippen MR) is 93.5 cm³/mol. The van der Waals surface area contributed by atoms with Crippen LogP contribution in [-0.2, 0) is 16.0 Å². The van der Waals surface area contributed by atoms with Gasteiger partial charge < -0.3 is 10.2 Å². The van der Waals surface area contributed by atoms with Crippen molar-refractivity contribution in [3.8, 4) is 0 Å². The minimum atomic E-state index is -0.530. The Bertz CT molecular complexity index is 817. The Balaban J connectivity index is 1.65. The standard InChI is InChI=1S/C18H17N3O4/c22-17(19-15-4-1-2-5-16(15)21(24)25)12-13-7-9-14(10-8-13)20-11-3-6-18(20)23/h1-2,4-5,7-10H,3,6,11-12H2,(H,19,22). The molecule has 1 aliphatic rings. The van der Waals surface area contributed by atoms with E-state index in [1.165, 1.54) is 12.1 Å². The molecule has 0 aromatic heterocycles. The molecule has 0 spiro atoms. The van der Waals surface area contributed by atoms with Crippen molar-refractivity contribution in [1.29, 1.82) is 0 Å². The lowest BCUT2D eigenvalue weighted by molar-refractivity contribution is -0.383. The third-order valence-electron chi connectivity index (χ3n) is 4.06. The quantitative estimate of drug-likeness (QED) is 0.669. The predicted octanol–water partition coefficient (Wildman–Crippen LogP) is 2.90. The minimum absolute atomic E-state index is 0.0975. The molecular weight excluding hydrogens is 322 g/mol. The molecule has 2 aromatic carbocycles. The lowest BCUT2D eigenvalue weighted by Crippen LogP contribution is -2.23. The number of para-hydroxylation sites is 2. The first-order chi connectivity index (χ1) is 12.0. The Morgan fingerprint density at radius 1 is 1.16 bits per heavy atom. The molecule has 7 nitrogen and oxygen atoms in total. The average molecular weight is 339 g/mol. The van der Waals surface area contributed by atoms with Crippen LogP contribution < -0.4 is 10.2 Å². The molecule has 0 aliphatic carbocycles. The van der Waals surface area contributed by atoms with Crippen LogP contribution in [0.1, 0.15) is 18.4 Å². The Labute approximate surface area is 144 Å². The van der Waals surface area contributed by atoms with Gasteiger partial charge in [-0.15, -0.1) is 0 Å². The van der Waals surface area contributed by atoms with Crippen molar-refractivity contribution in [2.75, 3.05) is 16.8 Å². The molecule has 1 saturated heterocycles. The van der Waals surface area contributed by atoms with Gasteiger partial charge in [-0.25, -0.2) is 0 Å². The molecular formula is C18H17N3O4. The van der Waals surface area contributed by atoms with Crippen LogP contribution in [0.3, 0.4) is 0 Å². The van der Waals surface area contributed by atoms with Crippen molar-refractivity contribution in [1.82, 2.24) is 0 Å². The lowest BCUT2D eigenvalue weighted by Gasteiger charge is -2.15. The fourth-order valence-corrected chi connectivity index (χ4v) is 2.83. The molecule has 1 N–H and O–H groups in total. The SMILES string of the molecule is O=C(Cc1ccc(N2CCCC2=O)cc1)Nc1ccccc1[N+](=O)[O-]. The number of nitro groups is 1. The highest BCUT2D eigenvalue weighted by molar-refractivity contribution is 5.96. The number of nitrogens with zero attached hydrogens (tertiary/aromatic N) is 2. The smallest absolute Gasteiger partial charge is 0.292 e. The normalized spacial score (nSPS) is 13.8. The number of hydrogen-bond donors (Lipinski definition) is 1. The first kappa shape index (κ1) is 16.6.